The molecule has 2 atom stereocenters. The zero-order chi connectivity index (χ0) is 13.9. The average Bonchev–Trinajstić information content (AvgIpc) is 2.38. The van der Waals surface area contributed by atoms with E-state index < -0.39 is 0 Å². The number of fused-ring (bicyclic) bond motifs is 1. The first-order chi connectivity index (χ1) is 9.04. The second-order valence-electron chi connectivity index (χ2n) is 6.57. The summed E-state index contributed by atoms with van der Waals surface area (Å²) in [6.45, 7) is 4.39. The molecule has 0 aliphatic heterocycles. The van der Waals surface area contributed by atoms with Crippen LogP contribution in [0, 0.1) is 5.92 Å². The Bertz CT molecular complexity index is 369. The highest BCUT2D eigenvalue weighted by molar-refractivity contribution is 9.49. The Balaban J connectivity index is 2.05. The third-order valence-electron chi connectivity index (χ3n) is 4.96. The van der Waals surface area contributed by atoms with Gasteiger partial charge in [0.05, 0.1) is 0 Å². The van der Waals surface area contributed by atoms with Gasteiger partial charge in [-0.2, -0.15) is 0 Å². The van der Waals surface area contributed by atoms with Crippen LogP contribution in [0.5, 0.6) is 0 Å². The van der Waals surface area contributed by atoms with Gasteiger partial charge >= 0.3 is 4.36 Å². The van der Waals surface area contributed by atoms with Crippen LogP contribution in [-0.2, 0) is 0 Å². The van der Waals surface area contributed by atoms with Gasteiger partial charge < -0.3 is 0 Å². The van der Waals surface area contributed by atoms with E-state index in [1.807, 2.05) is 0 Å². The lowest BCUT2D eigenvalue weighted by Gasteiger charge is -2.48. The van der Waals surface area contributed by atoms with Crippen molar-refractivity contribution in [3.63, 3.8) is 0 Å². The Labute approximate surface area is 135 Å². The number of rotatable bonds is 4. The number of halogens is 2. The largest absolute Gasteiger partial charge is 0.305 e. The van der Waals surface area contributed by atoms with Crippen LogP contribution in [0.15, 0.2) is 23.3 Å². The minimum absolute atomic E-state index is 0.477. The second-order valence-corrected chi connectivity index (χ2v) is 9.63. The third kappa shape index (κ3) is 3.78. The molecule has 0 nitrogen and oxygen atoms in total. The van der Waals surface area contributed by atoms with Crippen molar-refractivity contribution in [1.82, 2.24) is 0 Å². The number of hydrogen-bond acceptors (Lipinski definition) is 0. The van der Waals surface area contributed by atoms with Gasteiger partial charge in [-0.3, -0.25) is 0 Å². The average molecular weight is 388 g/mol. The summed E-state index contributed by atoms with van der Waals surface area (Å²) in [7, 11) is 0. The molecule has 2 aliphatic carbocycles. The Kier molecular flexibility index (Phi) is 5.83. The maximum Gasteiger partial charge on any atom is 0.305 e. The molecule has 2 aliphatic rings. The van der Waals surface area contributed by atoms with E-state index in [1.165, 1.54) is 56.9 Å². The lowest BCUT2D eigenvalue weighted by molar-refractivity contribution is 0.241. The highest BCUT2D eigenvalue weighted by Crippen LogP contribution is 2.60. The quantitative estimate of drug-likeness (QED) is 0.373. The number of hydrogen-bond donors (Lipinski definition) is 0. The van der Waals surface area contributed by atoms with Gasteiger partial charge in [0.25, 0.3) is 0 Å². The molecule has 0 bridgehead atoms. The molecular formula is C16H25BBr2. The highest BCUT2D eigenvalue weighted by Gasteiger charge is 2.48. The second kappa shape index (κ2) is 6.98. The fourth-order valence-corrected chi connectivity index (χ4v) is 5.36. The standard InChI is InChI=1S/C16H25BBr2/c1-13(2)6-5-7-14-9-10-15-8-3-4-11-16(15,12-14)17(18)19/h6,9,15H,3-5,7-8,10-12H2,1-2H3/t15-,16-/m0/s1. The SMILES string of the molecule is CC(C)=CCCC1=CC[C@@H]2CCCC[C@]2(B(Br)Br)C1. The first kappa shape index (κ1) is 15.9. The van der Waals surface area contributed by atoms with Crippen LogP contribution in [-0.4, -0.2) is 4.36 Å². The lowest BCUT2D eigenvalue weighted by Crippen LogP contribution is -2.37. The summed E-state index contributed by atoms with van der Waals surface area (Å²) in [6, 6.07) is 0. The van der Waals surface area contributed by atoms with Crippen molar-refractivity contribution in [2.45, 2.75) is 70.5 Å². The van der Waals surface area contributed by atoms with Gasteiger partial charge in [-0.1, -0.05) is 49.0 Å². The van der Waals surface area contributed by atoms with E-state index in [4.69, 9.17) is 0 Å². The third-order valence-corrected chi connectivity index (χ3v) is 6.78. The monoisotopic (exact) mass is 386 g/mol. The topological polar surface area (TPSA) is 0 Å². The van der Waals surface area contributed by atoms with Crippen molar-refractivity contribution in [3.8, 4) is 0 Å². The highest BCUT2D eigenvalue weighted by atomic mass is 79.9. The predicted octanol–water partition coefficient (Wildman–Crippen LogP) is 6.66. The minimum Gasteiger partial charge on any atom is -0.139 e. The van der Waals surface area contributed by atoms with E-state index in [-0.39, 0.29) is 0 Å². The predicted molar refractivity (Wildman–Crippen MR) is 94.2 cm³/mol. The summed E-state index contributed by atoms with van der Waals surface area (Å²) in [5, 5.41) is 0.479. The molecule has 0 amide bonds. The van der Waals surface area contributed by atoms with Crippen molar-refractivity contribution in [2.75, 3.05) is 0 Å². The molecule has 1 fully saturated rings. The van der Waals surface area contributed by atoms with Gasteiger partial charge in [0, 0.05) is 0 Å². The summed E-state index contributed by atoms with van der Waals surface area (Å²) in [5.41, 5.74) is 3.14. The number of allylic oxidation sites excluding steroid dienone is 4. The van der Waals surface area contributed by atoms with Crippen LogP contribution < -0.4 is 0 Å². The van der Waals surface area contributed by atoms with Gasteiger partial charge in [-0.05, 0) is 50.8 Å². The van der Waals surface area contributed by atoms with Gasteiger partial charge in [-0.25, -0.2) is 0 Å². The maximum atomic E-state index is 3.86. The van der Waals surface area contributed by atoms with E-state index in [0.717, 1.165) is 5.92 Å². The van der Waals surface area contributed by atoms with E-state index in [0.29, 0.717) is 9.68 Å². The van der Waals surface area contributed by atoms with Crippen molar-refractivity contribution >= 4 is 35.9 Å². The molecule has 0 unspecified atom stereocenters. The molecule has 106 valence electrons. The Morgan fingerprint density at radius 2 is 2.21 bits per heavy atom. The summed E-state index contributed by atoms with van der Waals surface area (Å²) in [4.78, 5) is 0. The summed E-state index contributed by atoms with van der Waals surface area (Å²) in [6.07, 6.45) is 15.6. The smallest absolute Gasteiger partial charge is 0.139 e. The molecule has 0 aromatic rings. The van der Waals surface area contributed by atoms with Crippen molar-refractivity contribution < 1.29 is 0 Å². The lowest BCUT2D eigenvalue weighted by atomic mass is 9.49. The first-order valence-electron chi connectivity index (χ1n) is 7.64. The van der Waals surface area contributed by atoms with Crippen molar-refractivity contribution in [2.24, 2.45) is 5.92 Å². The van der Waals surface area contributed by atoms with Crippen LogP contribution in [0.3, 0.4) is 0 Å². The molecule has 2 rings (SSSR count). The molecule has 0 aromatic carbocycles. The van der Waals surface area contributed by atoms with Crippen molar-refractivity contribution in [3.05, 3.63) is 23.3 Å². The van der Waals surface area contributed by atoms with Crippen LogP contribution in [0.4, 0.5) is 0 Å². The zero-order valence-corrected chi connectivity index (χ0v) is 15.4. The minimum atomic E-state index is 0.477. The van der Waals surface area contributed by atoms with Crippen LogP contribution in [0.25, 0.3) is 0 Å². The first-order valence-corrected chi connectivity index (χ1v) is 9.47. The fourth-order valence-electron chi connectivity index (χ4n) is 3.83. The van der Waals surface area contributed by atoms with Gasteiger partial charge in [0.15, 0.2) is 0 Å². The van der Waals surface area contributed by atoms with E-state index in [1.54, 1.807) is 5.57 Å². The van der Waals surface area contributed by atoms with Gasteiger partial charge in [0.1, 0.15) is 0 Å². The van der Waals surface area contributed by atoms with E-state index in [2.05, 4.69) is 57.5 Å². The molecule has 19 heavy (non-hydrogen) atoms. The molecule has 3 heteroatoms. The maximum absolute atomic E-state index is 3.86. The van der Waals surface area contributed by atoms with Crippen LogP contribution in [0.1, 0.15) is 65.2 Å². The molecule has 0 radical (unpaired) electrons. The fraction of sp³-hybridized carbons (Fsp3) is 0.750. The Hall–Kier alpha value is 0.505. The Morgan fingerprint density at radius 1 is 1.42 bits per heavy atom. The molecule has 0 heterocycles. The summed E-state index contributed by atoms with van der Waals surface area (Å²) in [5.74, 6) is 0.886. The zero-order valence-electron chi connectivity index (χ0n) is 12.2. The van der Waals surface area contributed by atoms with E-state index >= 15 is 0 Å². The van der Waals surface area contributed by atoms with Crippen LogP contribution in [0.2, 0.25) is 5.31 Å². The van der Waals surface area contributed by atoms with Crippen LogP contribution >= 0.6 is 31.5 Å². The molecular weight excluding hydrogens is 363 g/mol. The van der Waals surface area contributed by atoms with Crippen molar-refractivity contribution in [1.29, 1.82) is 0 Å². The van der Waals surface area contributed by atoms with Gasteiger partial charge in [0.2, 0.25) is 0 Å². The summed E-state index contributed by atoms with van der Waals surface area (Å²) < 4.78 is 0.477. The molecule has 0 aromatic heterocycles. The van der Waals surface area contributed by atoms with Gasteiger partial charge in [-0.15, -0.1) is 31.5 Å². The molecule has 1 saturated carbocycles. The molecule has 0 N–H and O–H groups in total. The molecule has 0 spiro atoms. The Morgan fingerprint density at radius 3 is 2.89 bits per heavy atom. The molecule has 0 saturated heterocycles. The summed E-state index contributed by atoms with van der Waals surface area (Å²) >= 11 is 7.73. The van der Waals surface area contributed by atoms with E-state index in [9.17, 15) is 0 Å². The normalized spacial score (nSPS) is 30.3.